The van der Waals surface area contributed by atoms with Gasteiger partial charge in [0, 0.05) is 29.1 Å². The summed E-state index contributed by atoms with van der Waals surface area (Å²) in [4.78, 5) is 25.9. The van der Waals surface area contributed by atoms with Crippen molar-refractivity contribution >= 4 is 16.7 Å². The van der Waals surface area contributed by atoms with Crippen LogP contribution in [0.3, 0.4) is 0 Å². The Labute approximate surface area is 169 Å². The molecule has 142 valence electrons. The van der Waals surface area contributed by atoms with Crippen LogP contribution in [0.4, 0.5) is 0 Å². The fourth-order valence-corrected chi connectivity index (χ4v) is 3.83. The van der Waals surface area contributed by atoms with E-state index in [2.05, 4.69) is 39.2 Å². The van der Waals surface area contributed by atoms with E-state index in [-0.39, 0.29) is 5.78 Å². The van der Waals surface area contributed by atoms with Gasteiger partial charge in [0.05, 0.1) is 16.9 Å². The number of ketones is 1. The summed E-state index contributed by atoms with van der Waals surface area (Å²) in [6, 6.07) is 18.4. The molecule has 4 heteroatoms. The van der Waals surface area contributed by atoms with Crippen LogP contribution in [-0.4, -0.2) is 20.7 Å². The zero-order valence-electron chi connectivity index (χ0n) is 16.3. The van der Waals surface area contributed by atoms with Gasteiger partial charge in [0.25, 0.3) is 0 Å². The fourth-order valence-electron chi connectivity index (χ4n) is 3.83. The van der Waals surface area contributed by atoms with Crippen LogP contribution in [0.2, 0.25) is 0 Å². The van der Waals surface area contributed by atoms with Crippen molar-refractivity contribution in [1.82, 2.24) is 15.0 Å². The van der Waals surface area contributed by atoms with Crippen LogP contribution < -0.4 is 0 Å². The van der Waals surface area contributed by atoms with E-state index in [1.54, 1.807) is 13.3 Å². The topological polar surface area (TPSA) is 55.7 Å². The summed E-state index contributed by atoms with van der Waals surface area (Å²) in [5.41, 5.74) is 6.75. The minimum atomic E-state index is 0.0732. The van der Waals surface area contributed by atoms with E-state index in [4.69, 9.17) is 0 Å². The lowest BCUT2D eigenvalue weighted by atomic mass is 9.98. The Bertz CT molecular complexity index is 1210. The predicted octanol–water partition coefficient (Wildman–Crippen LogP) is 5.36. The van der Waals surface area contributed by atoms with E-state index >= 15 is 0 Å². The van der Waals surface area contributed by atoms with Crippen LogP contribution in [-0.2, 0) is 6.42 Å². The summed E-state index contributed by atoms with van der Waals surface area (Å²) in [6.45, 7) is 1.62. The van der Waals surface area contributed by atoms with Crippen molar-refractivity contribution in [3.63, 3.8) is 0 Å². The number of Topliss-reactive ketones (excluding diaryl/α,β-unsaturated/α-hetero) is 1. The van der Waals surface area contributed by atoms with E-state index in [0.717, 1.165) is 39.0 Å². The van der Waals surface area contributed by atoms with Crippen LogP contribution in [0, 0.1) is 0 Å². The van der Waals surface area contributed by atoms with E-state index in [1.807, 2.05) is 36.5 Å². The molecule has 1 aliphatic carbocycles. The van der Waals surface area contributed by atoms with Crippen LogP contribution in [0.1, 0.15) is 52.9 Å². The highest BCUT2D eigenvalue weighted by Crippen LogP contribution is 2.40. The van der Waals surface area contributed by atoms with Crippen molar-refractivity contribution < 1.29 is 4.79 Å². The molecular weight excluding hydrogens is 358 g/mol. The Morgan fingerprint density at radius 3 is 2.59 bits per heavy atom. The first-order valence-electron chi connectivity index (χ1n) is 9.98. The molecule has 1 aliphatic rings. The lowest BCUT2D eigenvalue weighted by Crippen LogP contribution is -2.05. The second-order valence-corrected chi connectivity index (χ2v) is 7.71. The number of carbonyl (C=O) groups is 1. The summed E-state index contributed by atoms with van der Waals surface area (Å²) in [6.07, 6.45) is 6.56. The average Bonchev–Trinajstić information content (AvgIpc) is 3.59. The molecule has 1 fully saturated rings. The van der Waals surface area contributed by atoms with Gasteiger partial charge in [0.1, 0.15) is 6.33 Å². The van der Waals surface area contributed by atoms with Crippen molar-refractivity contribution in [1.29, 1.82) is 0 Å². The standard InChI is InChI=1S/C25H21N3O/c1-16(29)21-13-20(18-8-9-18)14-26-24(21)12-17-7-10-23-22(11-17)25(28-15-27-23)19-5-3-2-4-6-19/h2-7,10-11,13-15,18H,8-9,12H2,1H3. The van der Waals surface area contributed by atoms with Crippen molar-refractivity contribution in [2.75, 3.05) is 0 Å². The second kappa shape index (κ2) is 7.21. The van der Waals surface area contributed by atoms with Gasteiger partial charge in [0.15, 0.2) is 5.78 Å². The van der Waals surface area contributed by atoms with Crippen molar-refractivity contribution in [2.45, 2.75) is 32.1 Å². The molecule has 5 rings (SSSR count). The first-order chi connectivity index (χ1) is 14.2. The second-order valence-electron chi connectivity index (χ2n) is 7.71. The van der Waals surface area contributed by atoms with Gasteiger partial charge in [-0.25, -0.2) is 9.97 Å². The molecule has 0 spiro atoms. The lowest BCUT2D eigenvalue weighted by molar-refractivity contribution is 0.101. The van der Waals surface area contributed by atoms with E-state index in [0.29, 0.717) is 12.3 Å². The minimum Gasteiger partial charge on any atom is -0.294 e. The Morgan fingerprint density at radius 2 is 1.83 bits per heavy atom. The Morgan fingerprint density at radius 1 is 1.00 bits per heavy atom. The normalized spacial score (nSPS) is 13.6. The third-order valence-corrected chi connectivity index (χ3v) is 5.54. The molecule has 0 atom stereocenters. The van der Waals surface area contributed by atoms with Crippen LogP contribution in [0.5, 0.6) is 0 Å². The molecule has 4 nitrogen and oxygen atoms in total. The number of pyridine rings is 1. The maximum Gasteiger partial charge on any atom is 0.161 e. The number of carbonyl (C=O) groups excluding carboxylic acids is 1. The Kier molecular flexibility index (Phi) is 4.39. The highest BCUT2D eigenvalue weighted by molar-refractivity contribution is 5.96. The van der Waals surface area contributed by atoms with Crippen molar-refractivity contribution in [3.05, 3.63) is 89.5 Å². The van der Waals surface area contributed by atoms with Gasteiger partial charge in [0.2, 0.25) is 0 Å². The Balaban J connectivity index is 1.55. The minimum absolute atomic E-state index is 0.0732. The first kappa shape index (κ1) is 17.7. The molecule has 0 N–H and O–H groups in total. The van der Waals surface area contributed by atoms with Gasteiger partial charge in [-0.1, -0.05) is 36.4 Å². The lowest BCUT2D eigenvalue weighted by Gasteiger charge is -2.10. The molecule has 0 unspecified atom stereocenters. The van der Waals surface area contributed by atoms with Crippen LogP contribution in [0.25, 0.3) is 22.2 Å². The zero-order chi connectivity index (χ0) is 19.8. The van der Waals surface area contributed by atoms with Gasteiger partial charge in [-0.15, -0.1) is 0 Å². The highest BCUT2D eigenvalue weighted by Gasteiger charge is 2.25. The fraction of sp³-hybridized carbons (Fsp3) is 0.200. The molecule has 2 aromatic heterocycles. The first-order valence-corrected chi connectivity index (χ1v) is 9.98. The number of hydrogen-bond acceptors (Lipinski definition) is 4. The number of aromatic nitrogens is 3. The third kappa shape index (κ3) is 3.54. The number of hydrogen-bond donors (Lipinski definition) is 0. The maximum absolute atomic E-state index is 12.2. The largest absolute Gasteiger partial charge is 0.294 e. The van der Waals surface area contributed by atoms with Crippen molar-refractivity contribution in [3.8, 4) is 11.3 Å². The zero-order valence-corrected chi connectivity index (χ0v) is 16.3. The van der Waals surface area contributed by atoms with Gasteiger partial charge < -0.3 is 0 Å². The highest BCUT2D eigenvalue weighted by atomic mass is 16.1. The third-order valence-electron chi connectivity index (χ3n) is 5.54. The maximum atomic E-state index is 12.2. The van der Waals surface area contributed by atoms with Gasteiger partial charge in [-0.05, 0) is 55.0 Å². The van der Waals surface area contributed by atoms with Gasteiger partial charge >= 0.3 is 0 Å². The summed E-state index contributed by atoms with van der Waals surface area (Å²) in [7, 11) is 0. The number of fused-ring (bicyclic) bond motifs is 1. The smallest absolute Gasteiger partial charge is 0.161 e. The summed E-state index contributed by atoms with van der Waals surface area (Å²) >= 11 is 0. The van der Waals surface area contributed by atoms with E-state index in [9.17, 15) is 4.79 Å². The SMILES string of the molecule is CC(=O)c1cc(C2CC2)cnc1Cc1ccc2ncnc(-c3ccccc3)c2c1. The molecule has 29 heavy (non-hydrogen) atoms. The molecule has 0 amide bonds. The molecule has 0 aliphatic heterocycles. The molecule has 0 bridgehead atoms. The summed E-state index contributed by atoms with van der Waals surface area (Å²) < 4.78 is 0. The number of benzene rings is 2. The monoisotopic (exact) mass is 379 g/mol. The van der Waals surface area contributed by atoms with Crippen LogP contribution in [0.15, 0.2) is 67.1 Å². The molecule has 2 heterocycles. The van der Waals surface area contributed by atoms with Crippen molar-refractivity contribution in [2.24, 2.45) is 0 Å². The summed E-state index contributed by atoms with van der Waals surface area (Å²) in [5, 5.41) is 1.01. The quantitative estimate of drug-likeness (QED) is 0.438. The molecule has 1 saturated carbocycles. The van der Waals surface area contributed by atoms with Gasteiger partial charge in [-0.3, -0.25) is 9.78 Å². The molecule has 4 aromatic rings. The Hall–Kier alpha value is -3.40. The van der Waals surface area contributed by atoms with Crippen LogP contribution >= 0.6 is 0 Å². The predicted molar refractivity (Wildman–Crippen MR) is 114 cm³/mol. The summed E-state index contributed by atoms with van der Waals surface area (Å²) in [5.74, 6) is 0.657. The molecular formula is C25H21N3O. The average molecular weight is 379 g/mol. The number of nitrogens with zero attached hydrogens (tertiary/aromatic N) is 3. The van der Waals surface area contributed by atoms with Gasteiger partial charge in [-0.2, -0.15) is 0 Å². The molecule has 0 radical (unpaired) electrons. The van der Waals surface area contributed by atoms with E-state index in [1.165, 1.54) is 18.4 Å². The molecule has 2 aromatic carbocycles. The molecule has 0 saturated heterocycles. The van der Waals surface area contributed by atoms with E-state index < -0.39 is 0 Å². The number of rotatable bonds is 5.